The monoisotopic (exact) mass is 320 g/mol. The van der Waals surface area contributed by atoms with Crippen LogP contribution in [0.15, 0.2) is 42.5 Å². The third kappa shape index (κ3) is 3.53. The predicted octanol–water partition coefficient (Wildman–Crippen LogP) is 3.19. The molecular formula is C15H13ClN2O4. The number of benzene rings is 2. The molecule has 0 radical (unpaired) electrons. The van der Waals surface area contributed by atoms with E-state index in [0.29, 0.717) is 5.75 Å². The largest absolute Gasteiger partial charge is 0.496 e. The molecule has 0 bridgehead atoms. The summed E-state index contributed by atoms with van der Waals surface area (Å²) >= 11 is 5.73. The van der Waals surface area contributed by atoms with Crippen molar-refractivity contribution in [2.45, 2.75) is 6.54 Å². The zero-order valence-corrected chi connectivity index (χ0v) is 12.5. The van der Waals surface area contributed by atoms with E-state index in [1.807, 2.05) is 12.1 Å². The van der Waals surface area contributed by atoms with Gasteiger partial charge in [-0.05, 0) is 18.2 Å². The molecule has 22 heavy (non-hydrogen) atoms. The molecule has 7 heteroatoms. The van der Waals surface area contributed by atoms with Crippen LogP contribution in [-0.4, -0.2) is 17.9 Å². The summed E-state index contributed by atoms with van der Waals surface area (Å²) in [4.78, 5) is 22.5. The number of amides is 1. The van der Waals surface area contributed by atoms with Crippen LogP contribution in [0.2, 0.25) is 5.02 Å². The summed E-state index contributed by atoms with van der Waals surface area (Å²) in [6.07, 6.45) is 0. The van der Waals surface area contributed by atoms with Crippen molar-refractivity contribution in [3.63, 3.8) is 0 Å². The number of carbonyl (C=O) groups is 1. The number of nitrogens with one attached hydrogen (secondary N) is 1. The quantitative estimate of drug-likeness (QED) is 0.677. The molecule has 2 rings (SSSR count). The fraction of sp³-hybridized carbons (Fsp3) is 0.133. The first kappa shape index (κ1) is 15.8. The average Bonchev–Trinajstić information content (AvgIpc) is 2.52. The second-order valence-corrected chi connectivity index (χ2v) is 4.85. The first-order valence-corrected chi connectivity index (χ1v) is 6.74. The van der Waals surface area contributed by atoms with E-state index in [9.17, 15) is 14.9 Å². The van der Waals surface area contributed by atoms with Gasteiger partial charge in [0.15, 0.2) is 0 Å². The molecule has 0 heterocycles. The number of nitro benzene ring substituents is 1. The number of nitro groups is 1. The minimum atomic E-state index is -0.635. The van der Waals surface area contributed by atoms with E-state index in [-0.39, 0.29) is 22.8 Å². The summed E-state index contributed by atoms with van der Waals surface area (Å²) in [6, 6.07) is 11.1. The Hall–Kier alpha value is -2.60. The Morgan fingerprint density at radius 2 is 2.05 bits per heavy atom. The van der Waals surface area contributed by atoms with Crippen molar-refractivity contribution in [3.8, 4) is 5.75 Å². The van der Waals surface area contributed by atoms with Gasteiger partial charge in [0.2, 0.25) is 0 Å². The van der Waals surface area contributed by atoms with Crippen molar-refractivity contribution >= 4 is 23.2 Å². The maximum atomic E-state index is 12.2. The second-order valence-electron chi connectivity index (χ2n) is 4.41. The molecule has 2 aromatic carbocycles. The van der Waals surface area contributed by atoms with Crippen LogP contribution in [0.5, 0.6) is 5.75 Å². The lowest BCUT2D eigenvalue weighted by Crippen LogP contribution is -2.24. The van der Waals surface area contributed by atoms with Crippen LogP contribution in [0.4, 0.5) is 5.69 Å². The third-order valence-electron chi connectivity index (χ3n) is 3.03. The van der Waals surface area contributed by atoms with Crippen LogP contribution in [0.1, 0.15) is 15.9 Å². The van der Waals surface area contributed by atoms with Gasteiger partial charge in [0, 0.05) is 23.2 Å². The molecule has 0 aliphatic rings. The van der Waals surface area contributed by atoms with E-state index >= 15 is 0 Å². The lowest BCUT2D eigenvalue weighted by Gasteiger charge is -2.09. The molecule has 0 unspecified atom stereocenters. The third-order valence-corrected chi connectivity index (χ3v) is 3.27. The van der Waals surface area contributed by atoms with Gasteiger partial charge in [-0.2, -0.15) is 0 Å². The summed E-state index contributed by atoms with van der Waals surface area (Å²) in [5.41, 5.74) is 0.407. The van der Waals surface area contributed by atoms with Crippen LogP contribution in [0, 0.1) is 10.1 Å². The summed E-state index contributed by atoms with van der Waals surface area (Å²) in [6.45, 7) is 0.197. The Balaban J connectivity index is 2.18. The van der Waals surface area contributed by atoms with Crippen LogP contribution in [-0.2, 0) is 6.54 Å². The van der Waals surface area contributed by atoms with Gasteiger partial charge in [-0.3, -0.25) is 14.9 Å². The first-order chi connectivity index (χ1) is 10.5. The van der Waals surface area contributed by atoms with Crippen molar-refractivity contribution in [3.05, 3.63) is 68.7 Å². The number of para-hydroxylation sites is 1. The molecule has 0 aromatic heterocycles. The smallest absolute Gasteiger partial charge is 0.283 e. The zero-order valence-electron chi connectivity index (χ0n) is 11.7. The maximum Gasteiger partial charge on any atom is 0.283 e. The number of ether oxygens (including phenoxy) is 1. The Morgan fingerprint density at radius 3 is 2.73 bits per heavy atom. The van der Waals surface area contributed by atoms with Gasteiger partial charge in [-0.15, -0.1) is 0 Å². The van der Waals surface area contributed by atoms with Crippen molar-refractivity contribution in [1.82, 2.24) is 5.32 Å². The molecule has 0 spiro atoms. The molecule has 114 valence electrons. The number of methoxy groups -OCH3 is 1. The van der Waals surface area contributed by atoms with E-state index in [1.165, 1.54) is 19.2 Å². The van der Waals surface area contributed by atoms with Gasteiger partial charge in [0.1, 0.15) is 11.3 Å². The number of hydrogen-bond donors (Lipinski definition) is 1. The van der Waals surface area contributed by atoms with Crippen molar-refractivity contribution in [2.75, 3.05) is 7.11 Å². The van der Waals surface area contributed by atoms with E-state index < -0.39 is 10.8 Å². The molecule has 0 atom stereocenters. The van der Waals surface area contributed by atoms with Gasteiger partial charge >= 0.3 is 0 Å². The fourth-order valence-electron chi connectivity index (χ4n) is 1.97. The van der Waals surface area contributed by atoms with E-state index in [4.69, 9.17) is 16.3 Å². The highest BCUT2D eigenvalue weighted by Gasteiger charge is 2.20. The lowest BCUT2D eigenvalue weighted by atomic mass is 10.1. The van der Waals surface area contributed by atoms with Gasteiger partial charge in [0.25, 0.3) is 11.6 Å². The van der Waals surface area contributed by atoms with Crippen LogP contribution in [0.25, 0.3) is 0 Å². The molecule has 0 saturated carbocycles. The van der Waals surface area contributed by atoms with Gasteiger partial charge < -0.3 is 10.1 Å². The molecule has 0 fully saturated rings. The zero-order chi connectivity index (χ0) is 16.1. The first-order valence-electron chi connectivity index (χ1n) is 6.37. The number of carbonyl (C=O) groups excluding carboxylic acids is 1. The number of hydrogen-bond acceptors (Lipinski definition) is 4. The summed E-state index contributed by atoms with van der Waals surface area (Å²) in [7, 11) is 1.53. The molecule has 0 saturated heterocycles. The second kappa shape index (κ2) is 6.91. The van der Waals surface area contributed by atoms with Crippen molar-refractivity contribution in [2.24, 2.45) is 0 Å². The highest BCUT2D eigenvalue weighted by Crippen LogP contribution is 2.23. The highest BCUT2D eigenvalue weighted by atomic mass is 35.5. The topological polar surface area (TPSA) is 81.5 Å². The molecule has 2 aromatic rings. The molecule has 0 aliphatic heterocycles. The van der Waals surface area contributed by atoms with Crippen molar-refractivity contribution in [1.29, 1.82) is 0 Å². The SMILES string of the molecule is COc1ccccc1CNC(=O)c1ccc(Cl)cc1[N+](=O)[O-]. The standard InChI is InChI=1S/C15H13ClN2O4/c1-22-14-5-3-2-4-10(14)9-17-15(19)12-7-6-11(16)8-13(12)18(20)21/h2-8H,9H2,1H3,(H,17,19). The van der Waals surface area contributed by atoms with E-state index in [1.54, 1.807) is 12.1 Å². The molecule has 1 N–H and O–H groups in total. The lowest BCUT2D eigenvalue weighted by molar-refractivity contribution is -0.385. The van der Waals surface area contributed by atoms with Crippen LogP contribution >= 0.6 is 11.6 Å². The summed E-state index contributed by atoms with van der Waals surface area (Å²) in [5, 5.41) is 13.8. The molecule has 0 aliphatic carbocycles. The fourth-order valence-corrected chi connectivity index (χ4v) is 2.13. The Bertz CT molecular complexity index is 718. The average molecular weight is 321 g/mol. The molecular weight excluding hydrogens is 308 g/mol. The minimum Gasteiger partial charge on any atom is -0.496 e. The highest BCUT2D eigenvalue weighted by molar-refractivity contribution is 6.31. The predicted molar refractivity (Wildman–Crippen MR) is 82.3 cm³/mol. The maximum absolute atomic E-state index is 12.2. The van der Waals surface area contributed by atoms with Gasteiger partial charge in [0.05, 0.1) is 12.0 Å². The summed E-state index contributed by atoms with van der Waals surface area (Å²) < 4.78 is 5.18. The van der Waals surface area contributed by atoms with Gasteiger partial charge in [-0.25, -0.2) is 0 Å². The normalized spacial score (nSPS) is 10.1. The van der Waals surface area contributed by atoms with E-state index in [2.05, 4.69) is 5.32 Å². The number of nitrogens with zero attached hydrogens (tertiary/aromatic N) is 1. The van der Waals surface area contributed by atoms with E-state index in [0.717, 1.165) is 11.6 Å². The minimum absolute atomic E-state index is 0.0377. The number of rotatable bonds is 5. The summed E-state index contributed by atoms with van der Waals surface area (Å²) in [5.74, 6) is 0.0858. The Morgan fingerprint density at radius 1 is 1.32 bits per heavy atom. The van der Waals surface area contributed by atoms with Crippen molar-refractivity contribution < 1.29 is 14.5 Å². The Labute approximate surface area is 131 Å². The molecule has 6 nitrogen and oxygen atoms in total. The van der Waals surface area contributed by atoms with Gasteiger partial charge in [-0.1, -0.05) is 29.8 Å². The Kier molecular flexibility index (Phi) is 4.95. The van der Waals surface area contributed by atoms with Crippen LogP contribution < -0.4 is 10.1 Å². The molecule has 1 amide bonds. The number of halogens is 1. The van der Waals surface area contributed by atoms with Crippen LogP contribution in [0.3, 0.4) is 0 Å².